The Bertz CT molecular complexity index is 99.1. The van der Waals surface area contributed by atoms with Gasteiger partial charge in [-0.3, -0.25) is 0 Å². The molecule has 0 saturated carbocycles. The minimum Gasteiger partial charge on any atom is -0.548 e. The molecule has 0 aliphatic heterocycles. The Hall–Kier alpha value is -0.634. The molecule has 7 heteroatoms. The molecule has 67 valence electrons. The van der Waals surface area contributed by atoms with Gasteiger partial charge < -0.3 is 30.0 Å². The monoisotopic (exact) mass is 209 g/mol. The maximum absolute atomic E-state index is 9.01. The first-order valence-electron chi connectivity index (χ1n) is 2.16. The zero-order chi connectivity index (χ0) is 8.57. The van der Waals surface area contributed by atoms with Crippen LogP contribution >= 0.6 is 0 Å². The summed E-state index contributed by atoms with van der Waals surface area (Å²) < 4.78 is 0. The number of carbonyl (C=O) groups is 2. The molecule has 6 nitrogen and oxygen atoms in total. The molecular formula is C4H6CoO6. The van der Waals surface area contributed by atoms with Gasteiger partial charge in [-0.15, -0.1) is 0 Å². The number of carboxylic acids is 2. The molecular weight excluding hydrogens is 203 g/mol. The Kier molecular flexibility index (Phi) is 18.4. The second-order valence-corrected chi connectivity index (χ2v) is 1.06. The number of carboxylic acid groups (broad SMARTS) is 2. The topological polar surface area (TPSA) is 121 Å². The van der Waals surface area contributed by atoms with Crippen molar-refractivity contribution < 1.29 is 46.8 Å². The van der Waals surface area contributed by atoms with Gasteiger partial charge in [-0.1, -0.05) is 0 Å². The number of aliphatic hydroxyl groups excluding tert-OH is 2. The van der Waals surface area contributed by atoms with E-state index in [1.165, 1.54) is 0 Å². The third kappa shape index (κ3) is 44.8. The molecule has 0 fully saturated rings. The first-order chi connectivity index (χ1) is 4.54. The molecule has 0 atom stereocenters. The third-order valence-electron chi connectivity index (χ3n) is 0.258. The van der Waals surface area contributed by atoms with E-state index in [1.54, 1.807) is 0 Å². The maximum atomic E-state index is 9.01. The largest absolute Gasteiger partial charge is 2.00 e. The van der Waals surface area contributed by atoms with E-state index in [2.05, 4.69) is 0 Å². The van der Waals surface area contributed by atoms with Crippen molar-refractivity contribution in [2.75, 3.05) is 13.2 Å². The van der Waals surface area contributed by atoms with Crippen molar-refractivity contribution in [2.45, 2.75) is 0 Å². The summed E-state index contributed by atoms with van der Waals surface area (Å²) >= 11 is 0. The zero-order valence-electron chi connectivity index (χ0n) is 5.27. The fourth-order valence-electron chi connectivity index (χ4n) is 0. The van der Waals surface area contributed by atoms with Gasteiger partial charge in [0.2, 0.25) is 0 Å². The molecule has 0 bridgehead atoms. The predicted molar refractivity (Wildman–Crippen MR) is 24.2 cm³/mol. The van der Waals surface area contributed by atoms with E-state index < -0.39 is 25.2 Å². The first-order valence-corrected chi connectivity index (χ1v) is 2.16. The normalized spacial score (nSPS) is 6.73. The molecule has 2 N–H and O–H groups in total. The van der Waals surface area contributed by atoms with Crippen LogP contribution in [0.3, 0.4) is 0 Å². The van der Waals surface area contributed by atoms with Crippen LogP contribution in [-0.2, 0) is 26.4 Å². The van der Waals surface area contributed by atoms with Gasteiger partial charge in [-0.25, -0.2) is 0 Å². The van der Waals surface area contributed by atoms with Crippen LogP contribution in [0.5, 0.6) is 0 Å². The number of rotatable bonds is 2. The van der Waals surface area contributed by atoms with E-state index in [4.69, 9.17) is 30.0 Å². The Morgan fingerprint density at radius 1 is 1.00 bits per heavy atom. The number of hydrogen-bond acceptors (Lipinski definition) is 6. The van der Waals surface area contributed by atoms with Crippen molar-refractivity contribution in [1.82, 2.24) is 0 Å². The minimum absolute atomic E-state index is 0. The second-order valence-electron chi connectivity index (χ2n) is 1.06. The van der Waals surface area contributed by atoms with Gasteiger partial charge in [0.25, 0.3) is 0 Å². The van der Waals surface area contributed by atoms with Crippen LogP contribution in [-0.4, -0.2) is 35.4 Å². The van der Waals surface area contributed by atoms with Gasteiger partial charge in [0.15, 0.2) is 0 Å². The van der Waals surface area contributed by atoms with Crippen LogP contribution in [0.15, 0.2) is 0 Å². The van der Waals surface area contributed by atoms with Crippen molar-refractivity contribution in [3.63, 3.8) is 0 Å². The number of aliphatic carboxylic acids is 2. The molecule has 0 aromatic heterocycles. The van der Waals surface area contributed by atoms with Gasteiger partial charge in [0, 0.05) is 0 Å². The first kappa shape index (κ1) is 16.8. The van der Waals surface area contributed by atoms with Crippen molar-refractivity contribution >= 4 is 11.9 Å². The van der Waals surface area contributed by atoms with Crippen LogP contribution in [0.4, 0.5) is 0 Å². The summed E-state index contributed by atoms with van der Waals surface area (Å²) in [4.78, 5) is 18.0. The van der Waals surface area contributed by atoms with Gasteiger partial charge in [0.1, 0.15) is 0 Å². The summed E-state index contributed by atoms with van der Waals surface area (Å²) in [6.45, 7) is -1.78. The Morgan fingerprint density at radius 3 is 1.09 bits per heavy atom. The van der Waals surface area contributed by atoms with Crippen molar-refractivity contribution in [3.05, 3.63) is 0 Å². The van der Waals surface area contributed by atoms with Crippen molar-refractivity contribution in [2.24, 2.45) is 0 Å². The molecule has 0 aliphatic carbocycles. The van der Waals surface area contributed by atoms with Crippen LogP contribution in [0.1, 0.15) is 0 Å². The third-order valence-corrected chi connectivity index (χ3v) is 0.258. The van der Waals surface area contributed by atoms with Gasteiger partial charge >= 0.3 is 16.8 Å². The average molecular weight is 209 g/mol. The number of carbonyl (C=O) groups excluding carboxylic acids is 2. The molecule has 0 aromatic carbocycles. The predicted octanol–water partition coefficient (Wildman–Crippen LogP) is -4.55. The van der Waals surface area contributed by atoms with Crippen LogP contribution in [0.25, 0.3) is 0 Å². The van der Waals surface area contributed by atoms with Crippen molar-refractivity contribution in [3.8, 4) is 0 Å². The van der Waals surface area contributed by atoms with E-state index in [9.17, 15) is 0 Å². The van der Waals surface area contributed by atoms with E-state index in [-0.39, 0.29) is 16.8 Å². The zero-order valence-corrected chi connectivity index (χ0v) is 6.32. The molecule has 0 aromatic rings. The van der Waals surface area contributed by atoms with Crippen LogP contribution < -0.4 is 10.2 Å². The summed E-state index contributed by atoms with van der Waals surface area (Å²) in [5, 5.41) is 33.0. The van der Waals surface area contributed by atoms with Crippen LogP contribution in [0.2, 0.25) is 0 Å². The fourth-order valence-corrected chi connectivity index (χ4v) is 0. The van der Waals surface area contributed by atoms with E-state index >= 15 is 0 Å². The average Bonchev–Trinajstić information content (AvgIpc) is 1.89. The van der Waals surface area contributed by atoms with Crippen LogP contribution in [0, 0.1) is 0 Å². The Labute approximate surface area is 72.7 Å². The maximum Gasteiger partial charge on any atom is 2.00 e. The standard InChI is InChI=1S/2C2H4O3.Co/c2*3-1-2(4)5;/h2*3H,1H2,(H,4,5);/q;;+2/p-2. The summed E-state index contributed by atoms with van der Waals surface area (Å²) in [5.41, 5.74) is 0. The Balaban J connectivity index is -0.000000107. The van der Waals surface area contributed by atoms with E-state index in [0.29, 0.717) is 0 Å². The summed E-state index contributed by atoms with van der Waals surface area (Å²) in [5.74, 6) is -2.88. The van der Waals surface area contributed by atoms with Gasteiger partial charge in [0.05, 0.1) is 25.2 Å². The summed E-state index contributed by atoms with van der Waals surface area (Å²) in [6.07, 6.45) is 0. The van der Waals surface area contributed by atoms with Crippen molar-refractivity contribution in [1.29, 1.82) is 0 Å². The van der Waals surface area contributed by atoms with Gasteiger partial charge in [-0.05, 0) is 0 Å². The molecule has 0 spiro atoms. The molecule has 0 heterocycles. The van der Waals surface area contributed by atoms with Gasteiger partial charge in [-0.2, -0.15) is 0 Å². The summed E-state index contributed by atoms with van der Waals surface area (Å²) in [7, 11) is 0. The number of aliphatic hydroxyl groups is 2. The van der Waals surface area contributed by atoms with E-state index in [1.807, 2.05) is 0 Å². The molecule has 0 unspecified atom stereocenters. The minimum atomic E-state index is -1.44. The fraction of sp³-hybridized carbons (Fsp3) is 0.500. The number of hydrogen-bond donors (Lipinski definition) is 2. The molecule has 11 heavy (non-hydrogen) atoms. The Morgan fingerprint density at radius 2 is 1.09 bits per heavy atom. The second kappa shape index (κ2) is 12.1. The molecule has 0 rings (SSSR count). The SMILES string of the molecule is O=C([O-])CO.O=C([O-])CO.[Co+2]. The smallest absolute Gasteiger partial charge is 0.548 e. The molecule has 0 amide bonds. The summed E-state index contributed by atoms with van der Waals surface area (Å²) in [6, 6.07) is 0. The van der Waals surface area contributed by atoms with E-state index in [0.717, 1.165) is 0 Å². The quantitative estimate of drug-likeness (QED) is 0.472. The molecule has 0 saturated heterocycles. The molecule has 0 aliphatic rings. The molecule has 1 radical (unpaired) electrons.